The van der Waals surface area contributed by atoms with Gasteiger partial charge in [0.1, 0.15) is 5.01 Å². The maximum Gasteiger partial charge on any atom is 0.107 e. The Morgan fingerprint density at radius 2 is 2.20 bits per heavy atom. The summed E-state index contributed by atoms with van der Waals surface area (Å²) in [6.45, 7) is 5.36. The number of aromatic nitrogens is 1. The first-order valence-electron chi connectivity index (χ1n) is 7.27. The van der Waals surface area contributed by atoms with E-state index in [1.54, 1.807) is 11.3 Å². The molecule has 106 valence electrons. The lowest BCUT2D eigenvalue weighted by Crippen LogP contribution is -2.51. The van der Waals surface area contributed by atoms with E-state index in [0.29, 0.717) is 12.1 Å². The van der Waals surface area contributed by atoms with Crippen molar-refractivity contribution < 1.29 is 0 Å². The number of piperazine rings is 1. The molecule has 0 spiro atoms. The number of nitrogens with zero attached hydrogens (tertiary/aromatic N) is 2. The molecular formula is C16H21N3S. The van der Waals surface area contributed by atoms with Crippen LogP contribution in [-0.2, 0) is 6.54 Å². The second kappa shape index (κ2) is 6.48. The quantitative estimate of drug-likeness (QED) is 0.936. The summed E-state index contributed by atoms with van der Waals surface area (Å²) < 4.78 is 0. The Morgan fingerprint density at radius 1 is 1.35 bits per heavy atom. The van der Waals surface area contributed by atoms with Gasteiger partial charge in [-0.2, -0.15) is 0 Å². The summed E-state index contributed by atoms with van der Waals surface area (Å²) in [6.07, 6.45) is 3.08. The van der Waals surface area contributed by atoms with Crippen molar-refractivity contribution in [3.8, 4) is 0 Å². The Balaban J connectivity index is 1.72. The van der Waals surface area contributed by atoms with Crippen LogP contribution in [0.4, 0.5) is 0 Å². The summed E-state index contributed by atoms with van der Waals surface area (Å²) in [7, 11) is 0. The van der Waals surface area contributed by atoms with Crippen LogP contribution in [0.15, 0.2) is 41.9 Å². The van der Waals surface area contributed by atoms with Crippen LogP contribution in [0.2, 0.25) is 0 Å². The van der Waals surface area contributed by atoms with Crippen LogP contribution in [0.3, 0.4) is 0 Å². The van der Waals surface area contributed by atoms with Crippen LogP contribution in [0.1, 0.15) is 30.0 Å². The maximum atomic E-state index is 4.43. The summed E-state index contributed by atoms with van der Waals surface area (Å²) >= 11 is 1.75. The number of thiazole rings is 1. The highest BCUT2D eigenvalue weighted by atomic mass is 32.1. The zero-order valence-electron chi connectivity index (χ0n) is 11.8. The topological polar surface area (TPSA) is 28.2 Å². The number of rotatable bonds is 4. The van der Waals surface area contributed by atoms with Crippen LogP contribution in [0.5, 0.6) is 0 Å². The van der Waals surface area contributed by atoms with Crippen molar-refractivity contribution in [1.29, 1.82) is 0 Å². The van der Waals surface area contributed by atoms with Gasteiger partial charge in [-0.3, -0.25) is 4.90 Å². The van der Waals surface area contributed by atoms with Crippen LogP contribution in [0, 0.1) is 0 Å². The van der Waals surface area contributed by atoms with Gasteiger partial charge in [-0.05, 0) is 12.0 Å². The second-order valence-corrected chi connectivity index (χ2v) is 6.27. The molecule has 0 aliphatic carbocycles. The predicted octanol–water partition coefficient (Wildman–Crippen LogP) is 3.07. The van der Waals surface area contributed by atoms with Crippen molar-refractivity contribution >= 4 is 11.3 Å². The molecule has 20 heavy (non-hydrogen) atoms. The lowest BCUT2D eigenvalue weighted by atomic mass is 10.0. The molecule has 2 heterocycles. The van der Waals surface area contributed by atoms with E-state index in [-0.39, 0.29) is 0 Å². The van der Waals surface area contributed by atoms with Gasteiger partial charge >= 0.3 is 0 Å². The Bertz CT molecular complexity index is 512. The minimum Gasteiger partial charge on any atom is -0.307 e. The molecule has 1 aromatic heterocycles. The van der Waals surface area contributed by atoms with E-state index in [9.17, 15) is 0 Å². The van der Waals surface area contributed by atoms with Crippen molar-refractivity contribution in [2.45, 2.75) is 32.0 Å². The van der Waals surface area contributed by atoms with Gasteiger partial charge in [0.15, 0.2) is 0 Å². The van der Waals surface area contributed by atoms with Crippen LogP contribution < -0.4 is 5.32 Å². The normalized spacial score (nSPS) is 23.9. The molecule has 3 nitrogen and oxygen atoms in total. The maximum absolute atomic E-state index is 4.43. The van der Waals surface area contributed by atoms with E-state index >= 15 is 0 Å². The molecule has 1 saturated heterocycles. The van der Waals surface area contributed by atoms with E-state index in [4.69, 9.17) is 0 Å². The van der Waals surface area contributed by atoms with E-state index in [2.05, 4.69) is 57.8 Å². The minimum absolute atomic E-state index is 0.430. The van der Waals surface area contributed by atoms with Crippen molar-refractivity contribution in [3.63, 3.8) is 0 Å². The molecule has 3 rings (SSSR count). The number of nitrogens with one attached hydrogen (secondary N) is 1. The lowest BCUT2D eigenvalue weighted by Gasteiger charge is -2.40. The van der Waals surface area contributed by atoms with Crippen LogP contribution in [0.25, 0.3) is 0 Å². The van der Waals surface area contributed by atoms with E-state index in [0.717, 1.165) is 19.6 Å². The van der Waals surface area contributed by atoms with Gasteiger partial charge in [0, 0.05) is 36.8 Å². The highest BCUT2D eigenvalue weighted by molar-refractivity contribution is 7.09. The van der Waals surface area contributed by atoms with Crippen LogP contribution >= 0.6 is 11.3 Å². The molecule has 4 heteroatoms. The Labute approximate surface area is 124 Å². The molecule has 1 fully saturated rings. The molecule has 1 aliphatic heterocycles. The molecular weight excluding hydrogens is 266 g/mol. The third-order valence-corrected chi connectivity index (χ3v) is 4.79. The molecule has 0 radical (unpaired) electrons. The molecule has 0 amide bonds. The molecule has 0 saturated carbocycles. The summed E-state index contributed by atoms with van der Waals surface area (Å²) in [5, 5.41) is 6.97. The summed E-state index contributed by atoms with van der Waals surface area (Å²) in [6, 6.07) is 11.8. The van der Waals surface area contributed by atoms with Gasteiger partial charge in [0.2, 0.25) is 0 Å². The van der Waals surface area contributed by atoms with Crippen molar-refractivity contribution in [1.82, 2.24) is 15.2 Å². The number of benzene rings is 1. The Morgan fingerprint density at radius 3 is 2.90 bits per heavy atom. The summed E-state index contributed by atoms with van der Waals surface area (Å²) in [5.74, 6) is 0. The first-order chi connectivity index (χ1) is 9.86. The average molecular weight is 287 g/mol. The molecule has 0 bridgehead atoms. The van der Waals surface area contributed by atoms with Gasteiger partial charge in [-0.15, -0.1) is 11.3 Å². The highest BCUT2D eigenvalue weighted by Gasteiger charge is 2.27. The zero-order valence-corrected chi connectivity index (χ0v) is 12.6. The molecule has 1 aliphatic rings. The van der Waals surface area contributed by atoms with Gasteiger partial charge in [0.25, 0.3) is 0 Å². The zero-order chi connectivity index (χ0) is 13.8. The number of hydrogen-bond acceptors (Lipinski definition) is 4. The third-order valence-electron chi connectivity index (χ3n) is 4.03. The molecule has 2 atom stereocenters. The monoisotopic (exact) mass is 287 g/mol. The second-order valence-electron chi connectivity index (χ2n) is 5.29. The SMILES string of the molecule is CCC1CNC(c2ccccc2)CN1Cc1nccs1. The molecule has 2 unspecified atom stereocenters. The van der Waals surface area contributed by atoms with E-state index in [1.165, 1.54) is 17.0 Å². The van der Waals surface area contributed by atoms with Crippen LogP contribution in [-0.4, -0.2) is 29.0 Å². The van der Waals surface area contributed by atoms with Crippen molar-refractivity contribution in [3.05, 3.63) is 52.5 Å². The summed E-state index contributed by atoms with van der Waals surface area (Å²) in [5.41, 5.74) is 1.38. The predicted molar refractivity (Wildman–Crippen MR) is 83.8 cm³/mol. The molecule has 1 N–H and O–H groups in total. The fraction of sp³-hybridized carbons (Fsp3) is 0.438. The Hall–Kier alpha value is -1.23. The van der Waals surface area contributed by atoms with E-state index < -0.39 is 0 Å². The van der Waals surface area contributed by atoms with Gasteiger partial charge < -0.3 is 5.32 Å². The average Bonchev–Trinajstić information content (AvgIpc) is 3.01. The van der Waals surface area contributed by atoms with Crippen molar-refractivity contribution in [2.75, 3.05) is 13.1 Å². The first kappa shape index (κ1) is 13.7. The fourth-order valence-electron chi connectivity index (χ4n) is 2.87. The van der Waals surface area contributed by atoms with E-state index in [1.807, 2.05) is 6.20 Å². The van der Waals surface area contributed by atoms with Crippen molar-refractivity contribution in [2.24, 2.45) is 0 Å². The standard InChI is InChI=1S/C16H21N3S/c1-2-14-10-18-15(13-6-4-3-5-7-13)11-19(14)12-16-17-8-9-20-16/h3-9,14-15,18H,2,10-12H2,1H3. The first-order valence-corrected chi connectivity index (χ1v) is 8.15. The molecule has 1 aromatic carbocycles. The molecule has 2 aromatic rings. The summed E-state index contributed by atoms with van der Waals surface area (Å²) in [4.78, 5) is 7.01. The van der Waals surface area contributed by atoms with Gasteiger partial charge in [-0.1, -0.05) is 37.3 Å². The lowest BCUT2D eigenvalue weighted by molar-refractivity contribution is 0.119. The van der Waals surface area contributed by atoms with Gasteiger partial charge in [-0.25, -0.2) is 4.98 Å². The van der Waals surface area contributed by atoms with Gasteiger partial charge in [0.05, 0.1) is 6.54 Å². The third kappa shape index (κ3) is 3.08. The Kier molecular flexibility index (Phi) is 4.45. The fourth-order valence-corrected chi connectivity index (χ4v) is 3.51. The minimum atomic E-state index is 0.430. The largest absolute Gasteiger partial charge is 0.307 e. The highest BCUT2D eigenvalue weighted by Crippen LogP contribution is 2.23. The number of hydrogen-bond donors (Lipinski definition) is 1. The smallest absolute Gasteiger partial charge is 0.107 e.